The quantitative estimate of drug-likeness (QED) is 0.897. The maximum Gasteiger partial charge on any atom is 0.257 e. The van der Waals surface area contributed by atoms with Crippen molar-refractivity contribution in [3.05, 3.63) is 59.7 Å². The van der Waals surface area contributed by atoms with E-state index in [9.17, 15) is 9.90 Å². The number of para-hydroxylation sites is 1. The Morgan fingerprint density at radius 3 is 2.58 bits per heavy atom. The van der Waals surface area contributed by atoms with Crippen LogP contribution in [0.2, 0.25) is 0 Å². The summed E-state index contributed by atoms with van der Waals surface area (Å²) >= 11 is 1.55. The van der Waals surface area contributed by atoms with E-state index in [2.05, 4.69) is 5.32 Å². The molecule has 0 saturated heterocycles. The number of thioether (sulfide) groups is 1. The van der Waals surface area contributed by atoms with Crippen molar-refractivity contribution in [1.82, 2.24) is 5.32 Å². The van der Waals surface area contributed by atoms with Crippen molar-refractivity contribution in [3.8, 4) is 0 Å². The lowest BCUT2D eigenvalue weighted by molar-refractivity contribution is -0.126. The first-order chi connectivity index (χ1) is 11.6. The zero-order valence-electron chi connectivity index (χ0n) is 13.9. The molecule has 0 bridgehead atoms. The number of amides is 1. The third-order valence-corrected chi connectivity index (χ3v) is 5.59. The standard InChI is InChI=1S/C19H22N2O2S/c1-13-7-9-14(10-8-13)18-17(22)19(23)21(12-11-20-2)15-5-3-4-6-16(15)24-18/h3-10,17-18,20,22H,11-12H2,1-2H3/t17-,18+/m1/s1. The van der Waals surface area contributed by atoms with Crippen LogP contribution in [0.15, 0.2) is 53.4 Å². The molecule has 126 valence electrons. The average Bonchev–Trinajstić information content (AvgIpc) is 2.70. The van der Waals surface area contributed by atoms with E-state index in [0.717, 1.165) is 21.7 Å². The number of rotatable bonds is 4. The zero-order chi connectivity index (χ0) is 17.1. The molecule has 0 saturated carbocycles. The molecular weight excluding hydrogens is 320 g/mol. The Hall–Kier alpha value is -1.82. The lowest BCUT2D eigenvalue weighted by Crippen LogP contribution is -2.43. The molecule has 2 N–H and O–H groups in total. The van der Waals surface area contributed by atoms with Crippen molar-refractivity contribution in [1.29, 1.82) is 0 Å². The Morgan fingerprint density at radius 1 is 1.17 bits per heavy atom. The summed E-state index contributed by atoms with van der Waals surface area (Å²) in [7, 11) is 1.86. The smallest absolute Gasteiger partial charge is 0.257 e. The van der Waals surface area contributed by atoms with Gasteiger partial charge in [-0.3, -0.25) is 4.79 Å². The molecule has 24 heavy (non-hydrogen) atoms. The molecule has 0 radical (unpaired) electrons. The number of aryl methyl sites for hydroxylation is 1. The van der Waals surface area contributed by atoms with Gasteiger partial charge in [0.05, 0.1) is 10.9 Å². The molecule has 5 heteroatoms. The minimum Gasteiger partial charge on any atom is -0.382 e. The lowest BCUT2D eigenvalue weighted by atomic mass is 10.0. The van der Waals surface area contributed by atoms with Crippen LogP contribution < -0.4 is 10.2 Å². The van der Waals surface area contributed by atoms with Gasteiger partial charge in [-0.25, -0.2) is 0 Å². The number of hydrogen-bond donors (Lipinski definition) is 2. The van der Waals surface area contributed by atoms with E-state index >= 15 is 0 Å². The number of aliphatic hydroxyl groups is 1. The number of aliphatic hydroxyl groups excluding tert-OH is 1. The number of carbonyl (C=O) groups is 1. The second-order valence-electron chi connectivity index (χ2n) is 5.96. The van der Waals surface area contributed by atoms with Gasteiger partial charge < -0.3 is 15.3 Å². The van der Waals surface area contributed by atoms with Crippen LogP contribution in [0.4, 0.5) is 5.69 Å². The molecule has 3 rings (SSSR count). The van der Waals surface area contributed by atoms with Crippen LogP contribution in [0.1, 0.15) is 16.4 Å². The Labute approximate surface area is 146 Å². The predicted molar refractivity (Wildman–Crippen MR) is 98.5 cm³/mol. The number of carbonyl (C=O) groups excluding carboxylic acids is 1. The fraction of sp³-hybridized carbons (Fsp3) is 0.316. The van der Waals surface area contributed by atoms with Crippen LogP contribution in [0.25, 0.3) is 0 Å². The molecule has 0 fully saturated rings. The third-order valence-electron chi connectivity index (χ3n) is 4.21. The summed E-state index contributed by atoms with van der Waals surface area (Å²) in [5.41, 5.74) is 3.00. The van der Waals surface area contributed by atoms with Gasteiger partial charge in [-0.2, -0.15) is 0 Å². The van der Waals surface area contributed by atoms with Crippen molar-refractivity contribution in [2.45, 2.75) is 23.2 Å². The molecule has 1 amide bonds. The molecule has 0 aliphatic carbocycles. The summed E-state index contributed by atoms with van der Waals surface area (Å²) < 4.78 is 0. The van der Waals surface area contributed by atoms with E-state index < -0.39 is 6.10 Å². The van der Waals surface area contributed by atoms with Gasteiger partial charge in [-0.05, 0) is 31.7 Å². The second kappa shape index (κ2) is 7.38. The molecule has 1 heterocycles. The van der Waals surface area contributed by atoms with Gasteiger partial charge in [0.25, 0.3) is 5.91 Å². The maximum absolute atomic E-state index is 12.9. The van der Waals surface area contributed by atoms with Gasteiger partial charge in [-0.1, -0.05) is 42.0 Å². The largest absolute Gasteiger partial charge is 0.382 e. The van der Waals surface area contributed by atoms with Crippen molar-refractivity contribution in [3.63, 3.8) is 0 Å². The van der Waals surface area contributed by atoms with Gasteiger partial charge in [0.1, 0.15) is 6.10 Å². The molecule has 2 atom stereocenters. The number of nitrogens with one attached hydrogen (secondary N) is 1. The SMILES string of the molecule is CNCCN1C(=O)[C@H](O)[C@H](c2ccc(C)cc2)Sc2ccccc21. The number of nitrogens with zero attached hydrogens (tertiary/aromatic N) is 1. The van der Waals surface area contributed by atoms with Crippen LogP contribution in [0.3, 0.4) is 0 Å². The maximum atomic E-state index is 12.9. The van der Waals surface area contributed by atoms with Crippen molar-refractivity contribution in [2.24, 2.45) is 0 Å². The first-order valence-electron chi connectivity index (χ1n) is 8.08. The second-order valence-corrected chi connectivity index (χ2v) is 7.14. The normalized spacial score (nSPS) is 20.6. The summed E-state index contributed by atoms with van der Waals surface area (Å²) in [4.78, 5) is 15.6. The number of hydrogen-bond acceptors (Lipinski definition) is 4. The Balaban J connectivity index is 2.01. The third kappa shape index (κ3) is 3.34. The number of likely N-dealkylation sites (N-methyl/N-ethyl adjacent to an activating group) is 1. The monoisotopic (exact) mass is 342 g/mol. The highest BCUT2D eigenvalue weighted by Crippen LogP contribution is 2.45. The topological polar surface area (TPSA) is 52.6 Å². The van der Waals surface area contributed by atoms with Crippen molar-refractivity contribution >= 4 is 23.4 Å². The Morgan fingerprint density at radius 2 is 1.88 bits per heavy atom. The summed E-state index contributed by atoms with van der Waals surface area (Å²) in [5.74, 6) is -0.242. The first-order valence-corrected chi connectivity index (χ1v) is 8.96. The number of anilines is 1. The number of benzene rings is 2. The summed E-state index contributed by atoms with van der Waals surface area (Å²) in [6.07, 6.45) is -1.07. The van der Waals surface area contributed by atoms with E-state index in [4.69, 9.17) is 0 Å². The van der Waals surface area contributed by atoms with Crippen LogP contribution in [-0.4, -0.2) is 37.3 Å². The average molecular weight is 342 g/mol. The van der Waals surface area contributed by atoms with E-state index in [1.54, 1.807) is 16.7 Å². The highest BCUT2D eigenvalue weighted by molar-refractivity contribution is 7.99. The van der Waals surface area contributed by atoms with E-state index in [0.29, 0.717) is 13.1 Å². The zero-order valence-corrected chi connectivity index (χ0v) is 14.7. The molecule has 2 aromatic rings. The van der Waals surface area contributed by atoms with Gasteiger partial charge in [0, 0.05) is 18.0 Å². The van der Waals surface area contributed by atoms with Crippen molar-refractivity contribution < 1.29 is 9.90 Å². The Bertz CT molecular complexity index is 718. The minimum atomic E-state index is -1.07. The Kier molecular flexibility index (Phi) is 5.23. The minimum absolute atomic E-state index is 0.242. The van der Waals surface area contributed by atoms with Crippen LogP contribution in [-0.2, 0) is 4.79 Å². The van der Waals surface area contributed by atoms with E-state index in [1.165, 1.54) is 0 Å². The van der Waals surface area contributed by atoms with Gasteiger partial charge in [0.2, 0.25) is 0 Å². The molecular formula is C19H22N2O2S. The van der Waals surface area contributed by atoms with Crippen LogP contribution in [0.5, 0.6) is 0 Å². The first kappa shape index (κ1) is 17.0. The van der Waals surface area contributed by atoms with E-state index in [-0.39, 0.29) is 11.2 Å². The van der Waals surface area contributed by atoms with Gasteiger partial charge >= 0.3 is 0 Å². The highest BCUT2D eigenvalue weighted by Gasteiger charge is 2.36. The molecule has 2 aromatic carbocycles. The summed E-state index contributed by atoms with van der Waals surface area (Å²) in [6.45, 7) is 3.23. The molecule has 0 aromatic heterocycles. The van der Waals surface area contributed by atoms with E-state index in [1.807, 2.05) is 62.5 Å². The number of fused-ring (bicyclic) bond motifs is 1. The van der Waals surface area contributed by atoms with Crippen LogP contribution in [0, 0.1) is 6.92 Å². The predicted octanol–water partition coefficient (Wildman–Crippen LogP) is 2.76. The fourth-order valence-electron chi connectivity index (χ4n) is 2.85. The molecule has 4 nitrogen and oxygen atoms in total. The summed E-state index contributed by atoms with van der Waals surface area (Å²) in [5, 5.41) is 13.5. The molecule has 1 aliphatic heterocycles. The fourth-order valence-corrected chi connectivity index (χ4v) is 4.12. The van der Waals surface area contributed by atoms with Crippen LogP contribution >= 0.6 is 11.8 Å². The lowest BCUT2D eigenvalue weighted by Gasteiger charge is -2.25. The van der Waals surface area contributed by atoms with Gasteiger partial charge in [0.15, 0.2) is 0 Å². The molecule has 1 aliphatic rings. The molecule has 0 spiro atoms. The van der Waals surface area contributed by atoms with Gasteiger partial charge in [-0.15, -0.1) is 11.8 Å². The highest BCUT2D eigenvalue weighted by atomic mass is 32.2. The molecule has 0 unspecified atom stereocenters. The van der Waals surface area contributed by atoms with Crippen molar-refractivity contribution in [2.75, 3.05) is 25.0 Å². The summed E-state index contributed by atoms with van der Waals surface area (Å²) in [6, 6.07) is 15.9.